The predicted molar refractivity (Wildman–Crippen MR) is 152 cm³/mol. The SMILES string of the molecule is NC(=O)CCNC(=O)c1ccc(C2c3ccc4cc(O)ccc4c3Oc3c2ccc2cc(O)ccc32)c(C(=O)O)c1. The molecule has 1 heterocycles. The lowest BCUT2D eigenvalue weighted by molar-refractivity contribution is -0.117. The number of carbonyl (C=O) groups is 3. The highest BCUT2D eigenvalue weighted by Gasteiger charge is 2.34. The zero-order valence-corrected chi connectivity index (χ0v) is 21.5. The van der Waals surface area contributed by atoms with Crippen molar-refractivity contribution in [1.29, 1.82) is 0 Å². The van der Waals surface area contributed by atoms with Gasteiger partial charge in [-0.05, 0) is 64.9 Å². The number of carboxylic acid groups (broad SMARTS) is 1. The van der Waals surface area contributed by atoms with Crippen LogP contribution in [0.2, 0.25) is 0 Å². The van der Waals surface area contributed by atoms with Gasteiger partial charge in [0.1, 0.15) is 23.0 Å². The van der Waals surface area contributed by atoms with E-state index in [1.807, 2.05) is 24.3 Å². The minimum atomic E-state index is -1.21. The van der Waals surface area contributed by atoms with Gasteiger partial charge in [-0.1, -0.05) is 30.3 Å². The summed E-state index contributed by atoms with van der Waals surface area (Å²) in [6, 6.07) is 21.8. The number of amides is 2. The minimum absolute atomic E-state index is 0.0320. The van der Waals surface area contributed by atoms with Crippen molar-refractivity contribution in [3.8, 4) is 23.0 Å². The summed E-state index contributed by atoms with van der Waals surface area (Å²) < 4.78 is 6.55. The number of carbonyl (C=O) groups excluding carboxylic acids is 2. The molecule has 0 aromatic heterocycles. The Kier molecular flexibility index (Phi) is 6.19. The largest absolute Gasteiger partial charge is 0.508 e. The molecule has 9 nitrogen and oxygen atoms in total. The molecule has 1 aliphatic rings. The Hall–Kier alpha value is -5.57. The van der Waals surface area contributed by atoms with Gasteiger partial charge in [-0.3, -0.25) is 9.59 Å². The molecule has 0 saturated carbocycles. The number of fused-ring (bicyclic) bond motifs is 6. The number of rotatable bonds is 6. The normalized spacial score (nSPS) is 12.4. The lowest BCUT2D eigenvalue weighted by atomic mass is 9.78. The molecule has 204 valence electrons. The monoisotopic (exact) mass is 548 g/mol. The van der Waals surface area contributed by atoms with Crippen LogP contribution in [0.5, 0.6) is 23.0 Å². The van der Waals surface area contributed by atoms with Crippen molar-refractivity contribution >= 4 is 39.3 Å². The molecule has 6 rings (SSSR count). The van der Waals surface area contributed by atoms with E-state index in [2.05, 4.69) is 5.32 Å². The fourth-order valence-electron chi connectivity index (χ4n) is 5.43. The minimum Gasteiger partial charge on any atom is -0.508 e. The van der Waals surface area contributed by atoms with Crippen LogP contribution in [0.3, 0.4) is 0 Å². The van der Waals surface area contributed by atoms with Crippen LogP contribution in [0.25, 0.3) is 21.5 Å². The van der Waals surface area contributed by atoms with Gasteiger partial charge >= 0.3 is 5.97 Å². The molecule has 9 heteroatoms. The predicted octanol–water partition coefficient (Wildman–Crippen LogP) is 4.99. The third kappa shape index (κ3) is 4.53. The van der Waals surface area contributed by atoms with E-state index in [1.54, 1.807) is 48.5 Å². The Morgan fingerprint density at radius 3 is 1.85 bits per heavy atom. The average molecular weight is 549 g/mol. The summed E-state index contributed by atoms with van der Waals surface area (Å²) in [5.41, 5.74) is 7.10. The Balaban J connectivity index is 1.56. The Bertz CT molecular complexity index is 1820. The van der Waals surface area contributed by atoms with Crippen LogP contribution in [-0.4, -0.2) is 39.6 Å². The van der Waals surface area contributed by atoms with Gasteiger partial charge in [-0.15, -0.1) is 0 Å². The lowest BCUT2D eigenvalue weighted by Gasteiger charge is -2.31. The second-order valence-electron chi connectivity index (χ2n) is 9.89. The van der Waals surface area contributed by atoms with Crippen molar-refractivity contribution in [2.45, 2.75) is 12.3 Å². The van der Waals surface area contributed by atoms with Crippen LogP contribution >= 0.6 is 0 Å². The molecule has 2 amide bonds. The number of aromatic carboxylic acids is 1. The number of primary amides is 1. The molecule has 0 atom stereocenters. The summed E-state index contributed by atoms with van der Waals surface area (Å²) in [6.45, 7) is 0.0320. The Labute approximate surface area is 233 Å². The molecular weight excluding hydrogens is 524 g/mol. The van der Waals surface area contributed by atoms with E-state index in [-0.39, 0.29) is 35.6 Å². The molecule has 6 N–H and O–H groups in total. The van der Waals surface area contributed by atoms with Crippen LogP contribution in [0.1, 0.15) is 49.7 Å². The summed E-state index contributed by atoms with van der Waals surface area (Å²) in [4.78, 5) is 36.3. The molecule has 0 bridgehead atoms. The zero-order chi connectivity index (χ0) is 28.8. The number of hydrogen-bond acceptors (Lipinski definition) is 6. The molecule has 0 radical (unpaired) electrons. The van der Waals surface area contributed by atoms with E-state index >= 15 is 0 Å². The van der Waals surface area contributed by atoms with Crippen molar-refractivity contribution in [2.75, 3.05) is 6.54 Å². The molecule has 0 fully saturated rings. The van der Waals surface area contributed by atoms with Crippen molar-refractivity contribution in [1.82, 2.24) is 5.32 Å². The first kappa shape index (κ1) is 25.7. The third-order valence-electron chi connectivity index (χ3n) is 7.31. The van der Waals surface area contributed by atoms with Gasteiger partial charge in [0.15, 0.2) is 0 Å². The van der Waals surface area contributed by atoms with Crippen molar-refractivity contribution in [3.05, 3.63) is 107 Å². The number of phenolic OH excluding ortho intramolecular Hbond substituents is 2. The van der Waals surface area contributed by atoms with Gasteiger partial charge in [0.2, 0.25) is 5.91 Å². The fourth-order valence-corrected chi connectivity index (χ4v) is 5.43. The van der Waals surface area contributed by atoms with Gasteiger partial charge in [0.05, 0.1) is 5.56 Å². The smallest absolute Gasteiger partial charge is 0.336 e. The topological polar surface area (TPSA) is 159 Å². The second-order valence-corrected chi connectivity index (χ2v) is 9.89. The first-order valence-electron chi connectivity index (χ1n) is 12.8. The molecule has 0 saturated heterocycles. The van der Waals surface area contributed by atoms with Crippen molar-refractivity contribution in [2.24, 2.45) is 5.73 Å². The summed E-state index contributed by atoms with van der Waals surface area (Å²) in [5.74, 6) is -1.64. The van der Waals surface area contributed by atoms with E-state index in [1.165, 1.54) is 6.07 Å². The quantitative estimate of drug-likeness (QED) is 0.196. The summed E-state index contributed by atoms with van der Waals surface area (Å²) in [5, 5.41) is 35.9. The number of ether oxygens (including phenoxy) is 1. The Morgan fingerprint density at radius 1 is 0.756 bits per heavy atom. The summed E-state index contributed by atoms with van der Waals surface area (Å²) in [7, 11) is 0. The maximum absolute atomic E-state index is 12.7. The van der Waals surface area contributed by atoms with Crippen LogP contribution in [0.4, 0.5) is 0 Å². The maximum Gasteiger partial charge on any atom is 0.336 e. The number of aromatic hydroxyl groups is 2. The molecule has 0 unspecified atom stereocenters. The standard InChI is InChI=1S/C32H24N2O7/c33-27(37)11-12-34-31(38)18-3-6-23(26(15-18)32(39)40)28-24-7-1-16-13-19(35)4-9-21(16)29(24)41-30-22-10-5-20(36)14-17(22)2-8-25(28)30/h1-10,13-15,28,35-36H,11-12H2,(H2,33,37)(H,34,38)(H,39,40). The fraction of sp³-hybridized carbons (Fsp3) is 0.0938. The lowest BCUT2D eigenvalue weighted by Crippen LogP contribution is -2.28. The number of nitrogens with two attached hydrogens (primary N) is 1. The van der Waals surface area contributed by atoms with E-state index in [9.17, 15) is 29.7 Å². The van der Waals surface area contributed by atoms with E-state index in [0.717, 1.165) is 32.7 Å². The van der Waals surface area contributed by atoms with Gasteiger partial charge in [0.25, 0.3) is 5.91 Å². The van der Waals surface area contributed by atoms with Gasteiger partial charge < -0.3 is 31.1 Å². The molecule has 0 spiro atoms. The molecule has 5 aromatic rings. The zero-order valence-electron chi connectivity index (χ0n) is 21.5. The van der Waals surface area contributed by atoms with Crippen LogP contribution in [-0.2, 0) is 4.79 Å². The first-order chi connectivity index (χ1) is 19.7. The third-order valence-corrected chi connectivity index (χ3v) is 7.31. The molecule has 1 aliphatic heterocycles. The van der Waals surface area contributed by atoms with Gasteiger partial charge in [-0.2, -0.15) is 0 Å². The van der Waals surface area contributed by atoms with Crippen LogP contribution in [0, 0.1) is 0 Å². The molecular formula is C32H24N2O7. The van der Waals surface area contributed by atoms with E-state index < -0.39 is 23.7 Å². The molecule has 41 heavy (non-hydrogen) atoms. The number of carboxylic acids is 1. The highest BCUT2D eigenvalue weighted by Crippen LogP contribution is 2.53. The Morgan fingerprint density at radius 2 is 1.32 bits per heavy atom. The molecule has 5 aromatic carbocycles. The van der Waals surface area contributed by atoms with Crippen molar-refractivity contribution < 1.29 is 34.4 Å². The van der Waals surface area contributed by atoms with Crippen LogP contribution in [0.15, 0.2) is 78.9 Å². The van der Waals surface area contributed by atoms with Gasteiger partial charge in [-0.25, -0.2) is 4.79 Å². The number of phenols is 2. The van der Waals surface area contributed by atoms with Crippen molar-refractivity contribution in [3.63, 3.8) is 0 Å². The summed E-state index contributed by atoms with van der Waals surface area (Å²) >= 11 is 0. The van der Waals surface area contributed by atoms with E-state index in [4.69, 9.17) is 10.5 Å². The number of nitrogens with one attached hydrogen (secondary N) is 1. The van der Waals surface area contributed by atoms with E-state index in [0.29, 0.717) is 17.1 Å². The molecule has 0 aliphatic carbocycles. The number of benzene rings is 5. The number of hydrogen-bond donors (Lipinski definition) is 5. The highest BCUT2D eigenvalue weighted by atomic mass is 16.5. The average Bonchev–Trinajstić information content (AvgIpc) is 2.94. The second kappa shape index (κ2) is 9.87. The first-order valence-corrected chi connectivity index (χ1v) is 12.8. The summed E-state index contributed by atoms with van der Waals surface area (Å²) in [6.07, 6.45) is -0.0390. The maximum atomic E-state index is 12.7. The highest BCUT2D eigenvalue weighted by molar-refractivity contribution is 6.00. The van der Waals surface area contributed by atoms with Gasteiger partial charge in [0, 0.05) is 46.3 Å². The van der Waals surface area contributed by atoms with Crippen LogP contribution < -0.4 is 15.8 Å².